The van der Waals surface area contributed by atoms with Crippen LogP contribution in [0.1, 0.15) is 43.1 Å². The summed E-state index contributed by atoms with van der Waals surface area (Å²) >= 11 is 6.19. The Bertz CT molecular complexity index is 720. The predicted octanol–water partition coefficient (Wildman–Crippen LogP) is 4.30. The van der Waals surface area contributed by atoms with Gasteiger partial charge in [0.2, 0.25) is 5.91 Å². The first kappa shape index (κ1) is 18.3. The van der Waals surface area contributed by atoms with Crippen LogP contribution in [0.2, 0.25) is 5.15 Å². The van der Waals surface area contributed by atoms with Crippen LogP contribution >= 0.6 is 11.6 Å². The Labute approximate surface area is 148 Å². The number of amides is 1. The molecule has 2 rings (SSSR count). The van der Waals surface area contributed by atoms with Crippen molar-refractivity contribution in [3.05, 3.63) is 58.4 Å². The molecule has 0 aliphatic heterocycles. The van der Waals surface area contributed by atoms with Crippen LogP contribution in [0, 0.1) is 12.8 Å². The fourth-order valence-electron chi connectivity index (χ4n) is 2.65. The fourth-order valence-corrected chi connectivity index (χ4v) is 2.89. The molecule has 0 aliphatic carbocycles. The Morgan fingerprint density at radius 3 is 2.54 bits per heavy atom. The lowest BCUT2D eigenvalue weighted by atomic mass is 9.97. The number of aromatic nitrogens is 2. The van der Waals surface area contributed by atoms with E-state index in [1.165, 1.54) is 6.08 Å². The molecule has 1 unspecified atom stereocenters. The Morgan fingerprint density at radius 2 is 2.00 bits per heavy atom. The molecule has 1 atom stereocenters. The first-order chi connectivity index (χ1) is 11.4. The first-order valence-electron chi connectivity index (χ1n) is 8.11. The van der Waals surface area contributed by atoms with Gasteiger partial charge in [0, 0.05) is 18.7 Å². The molecule has 0 radical (unpaired) electrons. The van der Waals surface area contributed by atoms with Crippen LogP contribution in [0.15, 0.2) is 36.4 Å². The third-order valence-electron chi connectivity index (χ3n) is 3.82. The van der Waals surface area contributed by atoms with Gasteiger partial charge in [0.25, 0.3) is 0 Å². The molecule has 0 saturated heterocycles. The molecule has 1 heterocycles. The maximum Gasteiger partial charge on any atom is 0.244 e. The fraction of sp³-hybridized carbons (Fsp3) is 0.368. The Hall–Kier alpha value is -2.07. The van der Waals surface area contributed by atoms with Gasteiger partial charge in [-0.05, 0) is 30.9 Å². The van der Waals surface area contributed by atoms with Gasteiger partial charge in [-0.3, -0.25) is 9.48 Å². The summed E-state index contributed by atoms with van der Waals surface area (Å²) in [5, 5.41) is 7.85. The molecule has 5 heteroatoms. The van der Waals surface area contributed by atoms with Crippen molar-refractivity contribution in [1.82, 2.24) is 15.1 Å². The largest absolute Gasteiger partial charge is 0.346 e. The number of aryl methyl sites for hydroxylation is 2. The average molecular weight is 346 g/mol. The second-order valence-electron chi connectivity index (χ2n) is 6.35. The van der Waals surface area contributed by atoms with Crippen LogP contribution in [0.4, 0.5) is 0 Å². The molecule has 0 bridgehead atoms. The molecular formula is C19H24ClN3O. The summed E-state index contributed by atoms with van der Waals surface area (Å²) in [6, 6.07) is 10.0. The first-order valence-corrected chi connectivity index (χ1v) is 8.49. The molecule has 0 fully saturated rings. The Balaban J connectivity index is 2.11. The van der Waals surface area contributed by atoms with E-state index in [9.17, 15) is 4.79 Å². The van der Waals surface area contributed by atoms with E-state index in [-0.39, 0.29) is 11.9 Å². The van der Waals surface area contributed by atoms with Crippen molar-refractivity contribution < 1.29 is 4.79 Å². The number of nitrogens with one attached hydrogen (secondary N) is 1. The highest BCUT2D eigenvalue weighted by Crippen LogP contribution is 2.22. The normalized spacial score (nSPS) is 12.8. The van der Waals surface area contributed by atoms with Crippen molar-refractivity contribution in [3.8, 4) is 0 Å². The molecule has 0 aliphatic rings. The topological polar surface area (TPSA) is 46.9 Å². The number of hydrogen-bond donors (Lipinski definition) is 1. The van der Waals surface area contributed by atoms with Gasteiger partial charge in [-0.15, -0.1) is 0 Å². The number of carbonyl (C=O) groups excluding carboxylic acids is 1. The van der Waals surface area contributed by atoms with E-state index >= 15 is 0 Å². The molecule has 24 heavy (non-hydrogen) atoms. The zero-order valence-electron chi connectivity index (χ0n) is 14.6. The lowest BCUT2D eigenvalue weighted by Crippen LogP contribution is -2.27. The molecule has 1 amide bonds. The monoisotopic (exact) mass is 345 g/mol. The van der Waals surface area contributed by atoms with Crippen LogP contribution in [-0.2, 0) is 11.8 Å². The molecule has 1 aromatic carbocycles. The van der Waals surface area contributed by atoms with E-state index in [2.05, 4.69) is 24.3 Å². The highest BCUT2D eigenvalue weighted by atomic mass is 35.5. The molecule has 2 aromatic rings. The van der Waals surface area contributed by atoms with E-state index in [0.717, 1.165) is 23.2 Å². The second-order valence-corrected chi connectivity index (χ2v) is 6.71. The molecule has 128 valence electrons. The van der Waals surface area contributed by atoms with Crippen LogP contribution in [0.5, 0.6) is 0 Å². The van der Waals surface area contributed by atoms with E-state index < -0.39 is 0 Å². The highest BCUT2D eigenvalue weighted by Gasteiger charge is 2.15. The van der Waals surface area contributed by atoms with Crippen LogP contribution < -0.4 is 5.32 Å². The minimum Gasteiger partial charge on any atom is -0.346 e. The summed E-state index contributed by atoms with van der Waals surface area (Å²) < 4.78 is 1.60. The Morgan fingerprint density at radius 1 is 1.33 bits per heavy atom. The van der Waals surface area contributed by atoms with Crippen molar-refractivity contribution in [2.24, 2.45) is 13.0 Å². The number of carbonyl (C=O) groups is 1. The lowest BCUT2D eigenvalue weighted by Gasteiger charge is -2.20. The van der Waals surface area contributed by atoms with Crippen molar-refractivity contribution in [2.45, 2.75) is 33.2 Å². The summed E-state index contributed by atoms with van der Waals surface area (Å²) in [6.45, 7) is 6.17. The van der Waals surface area contributed by atoms with E-state index in [4.69, 9.17) is 11.6 Å². The van der Waals surface area contributed by atoms with E-state index in [1.54, 1.807) is 17.8 Å². The van der Waals surface area contributed by atoms with Gasteiger partial charge in [-0.1, -0.05) is 55.8 Å². The predicted molar refractivity (Wildman–Crippen MR) is 98.8 cm³/mol. The minimum atomic E-state index is -0.135. The maximum absolute atomic E-state index is 12.3. The number of hydrogen-bond acceptors (Lipinski definition) is 2. The van der Waals surface area contributed by atoms with Gasteiger partial charge >= 0.3 is 0 Å². The Kier molecular flexibility index (Phi) is 6.21. The van der Waals surface area contributed by atoms with Gasteiger partial charge < -0.3 is 5.32 Å². The molecule has 4 nitrogen and oxygen atoms in total. The zero-order valence-corrected chi connectivity index (χ0v) is 15.3. The standard InChI is InChI=1S/C19H24ClN3O/c1-13(2)12-17(15-8-6-5-7-9-15)21-18(24)11-10-16-14(3)22-23(4)19(16)20/h5-11,13,17H,12H2,1-4H3,(H,21,24)/b11-10+. The molecule has 1 aromatic heterocycles. The minimum absolute atomic E-state index is 0.00572. The molecule has 1 N–H and O–H groups in total. The lowest BCUT2D eigenvalue weighted by molar-refractivity contribution is -0.117. The van der Waals surface area contributed by atoms with Crippen molar-refractivity contribution in [2.75, 3.05) is 0 Å². The number of nitrogens with zero attached hydrogens (tertiary/aromatic N) is 2. The van der Waals surface area contributed by atoms with Crippen molar-refractivity contribution in [3.63, 3.8) is 0 Å². The van der Waals surface area contributed by atoms with E-state index in [0.29, 0.717) is 11.1 Å². The summed E-state index contributed by atoms with van der Waals surface area (Å²) in [4.78, 5) is 12.3. The van der Waals surface area contributed by atoms with Gasteiger partial charge in [-0.2, -0.15) is 5.10 Å². The molecular weight excluding hydrogens is 322 g/mol. The summed E-state index contributed by atoms with van der Waals surface area (Å²) in [6.07, 6.45) is 4.12. The van der Waals surface area contributed by atoms with Gasteiger partial charge in [0.15, 0.2) is 0 Å². The maximum atomic E-state index is 12.3. The van der Waals surface area contributed by atoms with Crippen molar-refractivity contribution in [1.29, 1.82) is 0 Å². The van der Waals surface area contributed by atoms with Gasteiger partial charge in [0.1, 0.15) is 5.15 Å². The number of halogens is 1. The van der Waals surface area contributed by atoms with Crippen LogP contribution in [0.3, 0.4) is 0 Å². The van der Waals surface area contributed by atoms with E-state index in [1.807, 2.05) is 37.3 Å². The number of benzene rings is 1. The third-order valence-corrected chi connectivity index (χ3v) is 4.27. The summed E-state index contributed by atoms with van der Waals surface area (Å²) in [5.41, 5.74) is 2.69. The molecule has 0 spiro atoms. The smallest absolute Gasteiger partial charge is 0.244 e. The van der Waals surface area contributed by atoms with Crippen molar-refractivity contribution >= 4 is 23.6 Å². The zero-order chi connectivity index (χ0) is 17.7. The summed E-state index contributed by atoms with van der Waals surface area (Å²) in [5.74, 6) is 0.346. The van der Waals surface area contributed by atoms with Crippen LogP contribution in [-0.4, -0.2) is 15.7 Å². The summed E-state index contributed by atoms with van der Waals surface area (Å²) in [7, 11) is 1.78. The number of rotatable bonds is 6. The van der Waals surface area contributed by atoms with Crippen LogP contribution in [0.25, 0.3) is 6.08 Å². The quantitative estimate of drug-likeness (QED) is 0.793. The average Bonchev–Trinajstić information content (AvgIpc) is 2.78. The SMILES string of the molecule is Cc1nn(C)c(Cl)c1/C=C/C(=O)NC(CC(C)C)c1ccccc1. The van der Waals surface area contributed by atoms with Gasteiger partial charge in [-0.25, -0.2) is 0 Å². The van der Waals surface area contributed by atoms with Gasteiger partial charge in [0.05, 0.1) is 11.7 Å². The third kappa shape index (κ3) is 4.71. The highest BCUT2D eigenvalue weighted by molar-refractivity contribution is 6.31. The molecule has 0 saturated carbocycles. The second kappa shape index (κ2) is 8.15.